The SMILES string of the molecule is CCn1nc(C)c([N+](=O)[O-])c1NC(C(=O)O)c1cccs1. The summed E-state index contributed by atoms with van der Waals surface area (Å²) in [7, 11) is 0. The van der Waals surface area contributed by atoms with E-state index in [2.05, 4.69) is 10.4 Å². The first-order chi connectivity index (χ1) is 9.95. The van der Waals surface area contributed by atoms with Gasteiger partial charge in [-0.1, -0.05) is 6.07 Å². The fourth-order valence-corrected chi connectivity index (χ4v) is 2.78. The summed E-state index contributed by atoms with van der Waals surface area (Å²) in [5.74, 6) is -0.992. The average molecular weight is 310 g/mol. The van der Waals surface area contributed by atoms with Gasteiger partial charge in [-0.2, -0.15) is 5.10 Å². The molecule has 0 aromatic carbocycles. The Balaban J connectivity index is 2.46. The van der Waals surface area contributed by atoms with Crippen molar-refractivity contribution in [2.75, 3.05) is 5.32 Å². The molecule has 2 rings (SSSR count). The molecule has 2 aromatic rings. The Labute approximate surface area is 124 Å². The number of aliphatic carboxylic acids is 1. The first-order valence-corrected chi connectivity index (χ1v) is 7.08. The lowest BCUT2D eigenvalue weighted by Crippen LogP contribution is -2.21. The number of thiophene rings is 1. The molecule has 0 amide bonds. The van der Waals surface area contributed by atoms with Gasteiger partial charge < -0.3 is 10.4 Å². The van der Waals surface area contributed by atoms with Crippen LogP contribution in [0, 0.1) is 17.0 Å². The highest BCUT2D eigenvalue weighted by atomic mass is 32.1. The Morgan fingerprint density at radius 1 is 1.67 bits per heavy atom. The summed E-state index contributed by atoms with van der Waals surface area (Å²) < 4.78 is 1.40. The molecule has 0 aliphatic heterocycles. The third-order valence-corrected chi connectivity index (χ3v) is 3.87. The molecule has 21 heavy (non-hydrogen) atoms. The number of aryl methyl sites for hydroxylation is 2. The van der Waals surface area contributed by atoms with Crippen LogP contribution in [0.4, 0.5) is 11.5 Å². The topological polar surface area (TPSA) is 110 Å². The van der Waals surface area contributed by atoms with Gasteiger partial charge in [0.25, 0.3) is 0 Å². The summed E-state index contributed by atoms with van der Waals surface area (Å²) in [5, 5.41) is 29.1. The van der Waals surface area contributed by atoms with Crippen molar-refractivity contribution in [2.24, 2.45) is 0 Å². The predicted molar refractivity (Wildman–Crippen MR) is 77.6 cm³/mol. The zero-order chi connectivity index (χ0) is 15.6. The van der Waals surface area contributed by atoms with Crippen LogP contribution in [0.15, 0.2) is 17.5 Å². The van der Waals surface area contributed by atoms with E-state index in [1.807, 2.05) is 0 Å². The second-order valence-corrected chi connectivity index (χ2v) is 5.27. The first kappa shape index (κ1) is 15.0. The number of carboxylic acid groups (broad SMARTS) is 1. The smallest absolute Gasteiger partial charge is 0.333 e. The molecule has 0 bridgehead atoms. The zero-order valence-corrected chi connectivity index (χ0v) is 12.3. The maximum atomic E-state index is 11.4. The third kappa shape index (κ3) is 2.87. The van der Waals surface area contributed by atoms with E-state index in [1.54, 1.807) is 24.4 Å². The predicted octanol–water partition coefficient (Wildman–Crippen LogP) is 2.42. The van der Waals surface area contributed by atoms with Crippen LogP contribution in [0.25, 0.3) is 0 Å². The first-order valence-electron chi connectivity index (χ1n) is 6.20. The van der Waals surface area contributed by atoms with Gasteiger partial charge in [0.15, 0.2) is 6.04 Å². The van der Waals surface area contributed by atoms with E-state index in [0.29, 0.717) is 11.4 Å². The van der Waals surface area contributed by atoms with Gasteiger partial charge in [0.1, 0.15) is 5.69 Å². The second kappa shape index (κ2) is 5.92. The van der Waals surface area contributed by atoms with Crippen LogP contribution in [0.1, 0.15) is 23.5 Å². The van der Waals surface area contributed by atoms with Crippen molar-refractivity contribution in [1.29, 1.82) is 0 Å². The van der Waals surface area contributed by atoms with Crippen molar-refractivity contribution in [3.05, 3.63) is 38.2 Å². The highest BCUT2D eigenvalue weighted by molar-refractivity contribution is 7.10. The number of nitrogens with one attached hydrogen (secondary N) is 1. The number of hydrogen-bond donors (Lipinski definition) is 2. The number of nitro groups is 1. The fraction of sp³-hybridized carbons (Fsp3) is 0.333. The minimum Gasteiger partial charge on any atom is -0.479 e. The molecule has 2 aromatic heterocycles. The molecule has 0 aliphatic rings. The van der Waals surface area contributed by atoms with Crippen LogP contribution >= 0.6 is 11.3 Å². The van der Waals surface area contributed by atoms with Crippen molar-refractivity contribution in [2.45, 2.75) is 26.4 Å². The molecule has 0 fully saturated rings. The molecule has 9 heteroatoms. The average Bonchev–Trinajstić information content (AvgIpc) is 3.02. The van der Waals surface area contributed by atoms with E-state index in [-0.39, 0.29) is 17.2 Å². The summed E-state index contributed by atoms with van der Waals surface area (Å²) in [6.45, 7) is 3.70. The van der Waals surface area contributed by atoms with Gasteiger partial charge in [-0.15, -0.1) is 11.3 Å². The molecule has 2 heterocycles. The van der Waals surface area contributed by atoms with E-state index in [4.69, 9.17) is 0 Å². The van der Waals surface area contributed by atoms with Gasteiger partial charge >= 0.3 is 11.7 Å². The summed E-state index contributed by atoms with van der Waals surface area (Å²) in [4.78, 5) is 22.6. The Hall–Kier alpha value is -2.42. The van der Waals surface area contributed by atoms with Crippen LogP contribution in [-0.2, 0) is 11.3 Å². The van der Waals surface area contributed by atoms with E-state index < -0.39 is 16.9 Å². The lowest BCUT2D eigenvalue weighted by Gasteiger charge is -2.14. The van der Waals surface area contributed by atoms with Gasteiger partial charge in [0, 0.05) is 11.4 Å². The number of hydrogen-bond acceptors (Lipinski definition) is 6. The number of aromatic nitrogens is 2. The van der Waals surface area contributed by atoms with Crippen LogP contribution in [0.2, 0.25) is 0 Å². The minimum absolute atomic E-state index is 0.112. The molecule has 0 saturated carbocycles. The summed E-state index contributed by atoms with van der Waals surface area (Å²) in [5.41, 5.74) is 0.0549. The van der Waals surface area contributed by atoms with Gasteiger partial charge in [0.05, 0.1) is 4.92 Å². The molecule has 2 N–H and O–H groups in total. The normalized spacial score (nSPS) is 12.1. The molecule has 0 saturated heterocycles. The number of carbonyl (C=O) groups is 1. The molecule has 1 unspecified atom stereocenters. The number of rotatable bonds is 6. The number of carboxylic acids is 1. The minimum atomic E-state index is -1.10. The lowest BCUT2D eigenvalue weighted by atomic mass is 10.2. The summed E-state index contributed by atoms with van der Waals surface area (Å²) in [6.07, 6.45) is 0. The molecule has 112 valence electrons. The van der Waals surface area contributed by atoms with Gasteiger partial charge in [-0.05, 0) is 25.3 Å². The van der Waals surface area contributed by atoms with Gasteiger partial charge in [0.2, 0.25) is 5.82 Å². The Kier molecular flexibility index (Phi) is 4.22. The van der Waals surface area contributed by atoms with Crippen LogP contribution < -0.4 is 5.32 Å². The molecule has 8 nitrogen and oxygen atoms in total. The van der Waals surface area contributed by atoms with Gasteiger partial charge in [-0.3, -0.25) is 10.1 Å². The highest BCUT2D eigenvalue weighted by Gasteiger charge is 2.30. The van der Waals surface area contributed by atoms with Crippen molar-refractivity contribution < 1.29 is 14.8 Å². The standard InChI is InChI=1S/C12H14N4O4S/c1-3-15-11(10(16(19)20)7(2)14-15)13-9(12(17)18)8-5-4-6-21-8/h4-6,9,13H,3H2,1-2H3,(H,17,18). The quantitative estimate of drug-likeness (QED) is 0.626. The maximum absolute atomic E-state index is 11.4. The third-order valence-electron chi connectivity index (χ3n) is 2.93. The maximum Gasteiger partial charge on any atom is 0.333 e. The molecule has 0 aliphatic carbocycles. The van der Waals surface area contributed by atoms with Crippen molar-refractivity contribution in [1.82, 2.24) is 9.78 Å². The summed E-state index contributed by atoms with van der Waals surface area (Å²) >= 11 is 1.27. The van der Waals surface area contributed by atoms with Crippen LogP contribution in [0.3, 0.4) is 0 Å². The molecule has 0 spiro atoms. The number of anilines is 1. The van der Waals surface area contributed by atoms with Crippen molar-refractivity contribution in [3.8, 4) is 0 Å². The van der Waals surface area contributed by atoms with Crippen LogP contribution in [0.5, 0.6) is 0 Å². The molecule has 0 radical (unpaired) electrons. The van der Waals surface area contributed by atoms with E-state index >= 15 is 0 Å². The fourth-order valence-electron chi connectivity index (χ4n) is 2.01. The summed E-state index contributed by atoms with van der Waals surface area (Å²) in [6, 6.07) is 2.35. The Bertz CT molecular complexity index is 665. The second-order valence-electron chi connectivity index (χ2n) is 4.29. The largest absolute Gasteiger partial charge is 0.479 e. The number of nitrogens with zero attached hydrogens (tertiary/aromatic N) is 3. The van der Waals surface area contributed by atoms with Gasteiger partial charge in [-0.25, -0.2) is 9.48 Å². The molecule has 1 atom stereocenters. The Morgan fingerprint density at radius 2 is 2.38 bits per heavy atom. The monoisotopic (exact) mass is 310 g/mol. The molecular weight excluding hydrogens is 296 g/mol. The van der Waals surface area contributed by atoms with Crippen LogP contribution in [-0.4, -0.2) is 25.8 Å². The lowest BCUT2D eigenvalue weighted by molar-refractivity contribution is -0.384. The van der Waals surface area contributed by atoms with E-state index in [9.17, 15) is 20.0 Å². The van der Waals surface area contributed by atoms with Crippen molar-refractivity contribution in [3.63, 3.8) is 0 Å². The molecular formula is C12H14N4O4S. The Morgan fingerprint density at radius 3 is 2.86 bits per heavy atom. The van der Waals surface area contributed by atoms with E-state index in [1.165, 1.54) is 22.9 Å². The zero-order valence-electron chi connectivity index (χ0n) is 11.4. The van der Waals surface area contributed by atoms with Crippen molar-refractivity contribution >= 4 is 28.8 Å². The highest BCUT2D eigenvalue weighted by Crippen LogP contribution is 2.32. The van der Waals surface area contributed by atoms with E-state index in [0.717, 1.165) is 0 Å².